The van der Waals surface area contributed by atoms with Gasteiger partial charge in [0, 0.05) is 12.1 Å². The third-order valence-electron chi connectivity index (χ3n) is 2.77. The lowest BCUT2D eigenvalue weighted by Crippen LogP contribution is -2.38. The first-order valence-corrected chi connectivity index (χ1v) is 5.39. The number of amides is 2. The summed E-state index contributed by atoms with van der Waals surface area (Å²) in [7, 11) is 0. The van der Waals surface area contributed by atoms with Crippen molar-refractivity contribution in [1.29, 1.82) is 0 Å². The Labute approximate surface area is 107 Å². The molecule has 0 aromatic heterocycles. The van der Waals surface area contributed by atoms with Gasteiger partial charge in [-0.15, -0.1) is 0 Å². The minimum absolute atomic E-state index is 0.0562. The zero-order valence-corrected chi connectivity index (χ0v) is 9.65. The Hall–Kier alpha value is -2.32. The second-order valence-electron chi connectivity index (χ2n) is 4.04. The van der Waals surface area contributed by atoms with E-state index in [9.17, 15) is 24.8 Å². The highest BCUT2D eigenvalue weighted by molar-refractivity contribution is 6.21. The van der Waals surface area contributed by atoms with Crippen molar-refractivity contribution in [3.8, 4) is 0 Å². The Bertz CT molecular complexity index is 570. The number of carbonyl (C=O) groups excluding carboxylic acids is 2. The summed E-state index contributed by atoms with van der Waals surface area (Å²) in [6, 6.07) is 3.37. The largest absolute Gasteiger partial charge is 0.394 e. The first-order chi connectivity index (χ1) is 8.95. The fourth-order valence-electron chi connectivity index (χ4n) is 1.83. The Morgan fingerprint density at radius 2 is 1.89 bits per heavy atom. The quantitative estimate of drug-likeness (QED) is 0.432. The number of aliphatic hydroxyl groups excluding tert-OH is 2. The molecule has 1 unspecified atom stereocenters. The lowest BCUT2D eigenvalue weighted by Gasteiger charge is -2.16. The van der Waals surface area contributed by atoms with Crippen LogP contribution in [0.15, 0.2) is 18.2 Å². The van der Waals surface area contributed by atoms with Crippen LogP contribution in [0.3, 0.4) is 0 Å². The second kappa shape index (κ2) is 4.75. The number of rotatable bonds is 4. The van der Waals surface area contributed by atoms with Gasteiger partial charge in [0.1, 0.15) is 0 Å². The van der Waals surface area contributed by atoms with Gasteiger partial charge in [0.25, 0.3) is 17.5 Å². The summed E-state index contributed by atoms with van der Waals surface area (Å²) in [4.78, 5) is 34.5. The van der Waals surface area contributed by atoms with Crippen molar-refractivity contribution in [3.63, 3.8) is 0 Å². The number of imide groups is 1. The molecule has 8 heteroatoms. The molecule has 0 spiro atoms. The predicted molar refractivity (Wildman–Crippen MR) is 61.6 cm³/mol. The second-order valence-corrected chi connectivity index (χ2v) is 4.04. The number of hydrogen-bond acceptors (Lipinski definition) is 6. The van der Waals surface area contributed by atoms with Crippen molar-refractivity contribution >= 4 is 17.5 Å². The molecule has 2 rings (SSSR count). The van der Waals surface area contributed by atoms with Crippen LogP contribution in [0.1, 0.15) is 20.7 Å². The number of non-ortho nitro benzene ring substituents is 1. The zero-order valence-electron chi connectivity index (χ0n) is 9.65. The molecule has 2 amide bonds. The average Bonchev–Trinajstić information content (AvgIpc) is 2.63. The number of nitro groups is 1. The predicted octanol–water partition coefficient (Wildman–Crippen LogP) is -0.456. The lowest BCUT2D eigenvalue weighted by molar-refractivity contribution is -0.384. The molecule has 1 aliphatic heterocycles. The van der Waals surface area contributed by atoms with Crippen LogP contribution in [-0.2, 0) is 0 Å². The van der Waals surface area contributed by atoms with Gasteiger partial charge in [0.05, 0.1) is 35.3 Å². The van der Waals surface area contributed by atoms with Gasteiger partial charge in [-0.05, 0) is 6.07 Å². The van der Waals surface area contributed by atoms with Crippen LogP contribution in [0.25, 0.3) is 0 Å². The van der Waals surface area contributed by atoms with Crippen LogP contribution in [-0.4, -0.2) is 51.1 Å². The number of aliphatic hydroxyl groups is 2. The summed E-state index contributed by atoms with van der Waals surface area (Å²) < 4.78 is 0. The zero-order chi connectivity index (χ0) is 14.2. The summed E-state index contributed by atoms with van der Waals surface area (Å²) in [5.74, 6) is -1.35. The fraction of sp³-hybridized carbons (Fsp3) is 0.273. The van der Waals surface area contributed by atoms with Crippen LogP contribution in [0.2, 0.25) is 0 Å². The van der Waals surface area contributed by atoms with Crippen LogP contribution in [0.5, 0.6) is 0 Å². The number of hydrogen-bond donors (Lipinski definition) is 2. The van der Waals surface area contributed by atoms with E-state index < -0.39 is 29.4 Å². The number of carbonyl (C=O) groups is 2. The van der Waals surface area contributed by atoms with Crippen molar-refractivity contribution < 1.29 is 24.7 Å². The molecule has 0 saturated heterocycles. The third-order valence-corrected chi connectivity index (χ3v) is 2.77. The van der Waals surface area contributed by atoms with Gasteiger partial charge in [-0.3, -0.25) is 24.6 Å². The molecule has 0 bridgehead atoms. The molecule has 8 nitrogen and oxygen atoms in total. The number of nitro benzene ring substituents is 1. The third kappa shape index (κ3) is 2.18. The summed E-state index contributed by atoms with van der Waals surface area (Å²) in [6.45, 7) is -0.940. The molecular formula is C11H10N2O6. The molecule has 0 fully saturated rings. The van der Waals surface area contributed by atoms with Crippen molar-refractivity contribution in [2.24, 2.45) is 0 Å². The topological polar surface area (TPSA) is 121 Å². The summed E-state index contributed by atoms with van der Waals surface area (Å²) in [6.07, 6.45) is -1.24. The molecule has 1 aromatic rings. The first-order valence-electron chi connectivity index (χ1n) is 5.39. The normalized spacial score (nSPS) is 15.6. The van der Waals surface area contributed by atoms with E-state index in [1.165, 1.54) is 6.07 Å². The molecule has 1 heterocycles. The van der Waals surface area contributed by atoms with Crippen LogP contribution in [0.4, 0.5) is 5.69 Å². The van der Waals surface area contributed by atoms with Crippen molar-refractivity contribution in [2.75, 3.05) is 13.2 Å². The Balaban J connectivity index is 2.36. The highest BCUT2D eigenvalue weighted by Crippen LogP contribution is 2.26. The van der Waals surface area contributed by atoms with E-state index in [1.54, 1.807) is 0 Å². The van der Waals surface area contributed by atoms with Gasteiger partial charge in [0.2, 0.25) is 0 Å². The van der Waals surface area contributed by atoms with Crippen molar-refractivity contribution in [2.45, 2.75) is 6.10 Å². The maximum absolute atomic E-state index is 11.9. The molecule has 1 atom stereocenters. The Kier molecular flexibility index (Phi) is 3.28. The van der Waals surface area contributed by atoms with Crippen molar-refractivity contribution in [3.05, 3.63) is 39.4 Å². The average molecular weight is 266 g/mol. The molecule has 0 radical (unpaired) electrons. The molecule has 1 aromatic carbocycles. The standard InChI is InChI=1S/C11H10N2O6/c14-5-7(15)4-12-10(16)8-2-1-6(13(18)19)3-9(8)11(12)17/h1-3,7,14-15H,4-5H2. The maximum Gasteiger partial charge on any atom is 0.270 e. The first kappa shape index (κ1) is 13.1. The van der Waals surface area contributed by atoms with Gasteiger partial charge in [-0.25, -0.2) is 0 Å². The number of nitrogens with zero attached hydrogens (tertiary/aromatic N) is 2. The summed E-state index contributed by atoms with van der Waals surface area (Å²) >= 11 is 0. The summed E-state index contributed by atoms with van der Waals surface area (Å²) in [5.41, 5.74) is -0.297. The van der Waals surface area contributed by atoms with Crippen LogP contribution < -0.4 is 0 Å². The molecular weight excluding hydrogens is 256 g/mol. The van der Waals surface area contributed by atoms with Crippen molar-refractivity contribution in [1.82, 2.24) is 4.90 Å². The molecule has 19 heavy (non-hydrogen) atoms. The Morgan fingerprint density at radius 1 is 1.26 bits per heavy atom. The van der Waals surface area contributed by atoms with Crippen LogP contribution >= 0.6 is 0 Å². The molecule has 0 aliphatic carbocycles. The number of fused-ring (bicyclic) bond motifs is 1. The van der Waals surface area contributed by atoms with E-state index in [1.807, 2.05) is 0 Å². The fourth-order valence-corrected chi connectivity index (χ4v) is 1.83. The van der Waals surface area contributed by atoms with Crippen LogP contribution in [0, 0.1) is 10.1 Å². The molecule has 1 aliphatic rings. The number of benzene rings is 1. The summed E-state index contributed by atoms with van der Waals surface area (Å²) in [5, 5.41) is 28.6. The minimum Gasteiger partial charge on any atom is -0.394 e. The van der Waals surface area contributed by atoms with Gasteiger partial charge >= 0.3 is 0 Å². The Morgan fingerprint density at radius 3 is 2.47 bits per heavy atom. The minimum atomic E-state index is -1.24. The smallest absolute Gasteiger partial charge is 0.270 e. The highest BCUT2D eigenvalue weighted by atomic mass is 16.6. The molecule has 0 saturated carbocycles. The van der Waals surface area contributed by atoms with E-state index in [-0.39, 0.29) is 23.4 Å². The van der Waals surface area contributed by atoms with Gasteiger partial charge in [-0.1, -0.05) is 0 Å². The maximum atomic E-state index is 11.9. The SMILES string of the molecule is O=C1c2ccc([N+](=O)[O-])cc2C(=O)N1CC(O)CO. The molecule has 2 N–H and O–H groups in total. The van der Waals surface area contributed by atoms with E-state index in [0.717, 1.165) is 17.0 Å². The molecule has 100 valence electrons. The van der Waals surface area contributed by atoms with Gasteiger partial charge in [0.15, 0.2) is 0 Å². The van der Waals surface area contributed by atoms with Gasteiger partial charge < -0.3 is 10.2 Å². The van der Waals surface area contributed by atoms with E-state index in [0.29, 0.717) is 0 Å². The lowest BCUT2D eigenvalue weighted by atomic mass is 10.1. The number of β-amino-alcohol motifs (C(OH)–C–C–N with tert-alkyl or cyclic N) is 1. The van der Waals surface area contributed by atoms with E-state index >= 15 is 0 Å². The van der Waals surface area contributed by atoms with Gasteiger partial charge in [-0.2, -0.15) is 0 Å². The highest BCUT2D eigenvalue weighted by Gasteiger charge is 2.37. The van der Waals surface area contributed by atoms with E-state index in [2.05, 4.69) is 0 Å². The monoisotopic (exact) mass is 266 g/mol. The van der Waals surface area contributed by atoms with E-state index in [4.69, 9.17) is 5.11 Å².